The third-order valence-electron chi connectivity index (χ3n) is 3.73. The van der Waals surface area contributed by atoms with Gasteiger partial charge in [0.1, 0.15) is 0 Å². The van der Waals surface area contributed by atoms with Crippen LogP contribution in [0.15, 0.2) is 0 Å². The number of rotatable bonds is 8. The van der Waals surface area contributed by atoms with Gasteiger partial charge in [0, 0.05) is 0 Å². The Balaban J connectivity index is 0. The first-order valence-electron chi connectivity index (χ1n) is 7.87. The Hall–Kier alpha value is -0.160. The van der Waals surface area contributed by atoms with Crippen LogP contribution < -0.4 is 0 Å². The van der Waals surface area contributed by atoms with E-state index in [4.69, 9.17) is 15.3 Å². The average Bonchev–Trinajstić information content (AvgIpc) is 2.37. The number of hydrogen-bond acceptors (Lipinski definition) is 4. The summed E-state index contributed by atoms with van der Waals surface area (Å²) in [7, 11) is 0. The monoisotopic (exact) mass is 292 g/mol. The van der Waals surface area contributed by atoms with E-state index in [-0.39, 0.29) is 36.3 Å². The van der Waals surface area contributed by atoms with Gasteiger partial charge in [-0.25, -0.2) is 0 Å². The molecule has 0 aromatic carbocycles. The summed E-state index contributed by atoms with van der Waals surface area (Å²) in [4.78, 5) is 0. The number of aliphatic hydroxyl groups excluding tert-OH is 4. The van der Waals surface area contributed by atoms with Crippen LogP contribution in [0.1, 0.15) is 67.2 Å². The SMILES string of the molecule is CCC(O)C(C)CC(C)O.CCC(O)CC(C)C(C)O. The van der Waals surface area contributed by atoms with Gasteiger partial charge in [0.2, 0.25) is 0 Å². The van der Waals surface area contributed by atoms with Crippen molar-refractivity contribution in [3.63, 3.8) is 0 Å². The zero-order valence-corrected chi connectivity index (χ0v) is 14.1. The van der Waals surface area contributed by atoms with Crippen molar-refractivity contribution >= 4 is 0 Å². The van der Waals surface area contributed by atoms with Crippen LogP contribution in [0.2, 0.25) is 0 Å². The fourth-order valence-electron chi connectivity index (χ4n) is 1.89. The Morgan fingerprint density at radius 1 is 0.700 bits per heavy atom. The third-order valence-corrected chi connectivity index (χ3v) is 3.73. The minimum atomic E-state index is -0.304. The molecule has 0 spiro atoms. The van der Waals surface area contributed by atoms with Gasteiger partial charge in [-0.05, 0) is 51.4 Å². The Morgan fingerprint density at radius 3 is 1.50 bits per heavy atom. The van der Waals surface area contributed by atoms with Crippen LogP contribution in [0.4, 0.5) is 0 Å². The number of hydrogen-bond donors (Lipinski definition) is 4. The molecule has 20 heavy (non-hydrogen) atoms. The van der Waals surface area contributed by atoms with E-state index in [0.717, 1.165) is 12.8 Å². The van der Waals surface area contributed by atoms with Crippen LogP contribution in [-0.4, -0.2) is 44.8 Å². The van der Waals surface area contributed by atoms with Crippen molar-refractivity contribution in [2.24, 2.45) is 11.8 Å². The summed E-state index contributed by atoms with van der Waals surface area (Å²) in [6, 6.07) is 0. The predicted molar refractivity (Wildman–Crippen MR) is 83.5 cm³/mol. The zero-order valence-electron chi connectivity index (χ0n) is 14.1. The van der Waals surface area contributed by atoms with Crippen LogP contribution in [0.5, 0.6) is 0 Å². The largest absolute Gasteiger partial charge is 0.393 e. The van der Waals surface area contributed by atoms with E-state index in [2.05, 4.69) is 0 Å². The summed E-state index contributed by atoms with van der Waals surface area (Å²) in [6.07, 6.45) is 1.84. The van der Waals surface area contributed by atoms with Crippen LogP contribution in [0.25, 0.3) is 0 Å². The first-order chi connectivity index (χ1) is 9.15. The molecule has 0 heterocycles. The van der Waals surface area contributed by atoms with Crippen molar-refractivity contribution in [2.75, 3.05) is 0 Å². The Morgan fingerprint density at radius 2 is 1.20 bits per heavy atom. The van der Waals surface area contributed by atoms with Crippen molar-refractivity contribution in [2.45, 2.75) is 91.6 Å². The molecule has 6 unspecified atom stereocenters. The fourth-order valence-corrected chi connectivity index (χ4v) is 1.89. The highest BCUT2D eigenvalue weighted by Gasteiger charge is 2.13. The molecule has 0 amide bonds. The molecule has 0 aliphatic heterocycles. The van der Waals surface area contributed by atoms with Gasteiger partial charge in [0.25, 0.3) is 0 Å². The van der Waals surface area contributed by atoms with E-state index < -0.39 is 0 Å². The third kappa shape index (κ3) is 12.9. The normalized spacial score (nSPS) is 20.1. The molecule has 0 fully saturated rings. The summed E-state index contributed by atoms with van der Waals surface area (Å²) < 4.78 is 0. The van der Waals surface area contributed by atoms with Gasteiger partial charge in [-0.2, -0.15) is 0 Å². The first kappa shape index (κ1) is 22.1. The minimum Gasteiger partial charge on any atom is -0.393 e. The van der Waals surface area contributed by atoms with Crippen molar-refractivity contribution in [3.05, 3.63) is 0 Å². The molecular formula is C16H36O4. The molecule has 0 bridgehead atoms. The van der Waals surface area contributed by atoms with E-state index in [0.29, 0.717) is 12.8 Å². The average molecular weight is 292 g/mol. The summed E-state index contributed by atoms with van der Waals surface area (Å²) >= 11 is 0. The Kier molecular flexibility index (Phi) is 13.9. The molecule has 0 aliphatic carbocycles. The van der Waals surface area contributed by atoms with E-state index in [1.165, 1.54) is 0 Å². The molecule has 0 aromatic heterocycles. The van der Waals surface area contributed by atoms with Gasteiger partial charge >= 0.3 is 0 Å². The van der Waals surface area contributed by atoms with E-state index >= 15 is 0 Å². The van der Waals surface area contributed by atoms with E-state index in [9.17, 15) is 5.11 Å². The molecule has 4 N–H and O–H groups in total. The van der Waals surface area contributed by atoms with Gasteiger partial charge in [0.05, 0.1) is 24.4 Å². The first-order valence-corrected chi connectivity index (χ1v) is 7.87. The quantitative estimate of drug-likeness (QED) is 0.553. The summed E-state index contributed by atoms with van der Waals surface area (Å²) in [6.45, 7) is 11.3. The second-order valence-electron chi connectivity index (χ2n) is 6.05. The molecule has 6 atom stereocenters. The lowest BCUT2D eigenvalue weighted by Gasteiger charge is -2.18. The topological polar surface area (TPSA) is 80.9 Å². The van der Waals surface area contributed by atoms with Crippen molar-refractivity contribution in [1.29, 1.82) is 0 Å². The van der Waals surface area contributed by atoms with Gasteiger partial charge in [-0.15, -0.1) is 0 Å². The maximum atomic E-state index is 9.26. The highest BCUT2D eigenvalue weighted by molar-refractivity contribution is 4.65. The Bertz CT molecular complexity index is 207. The molecule has 0 rings (SSSR count). The standard InChI is InChI=1S/2C8H18O2/c1-4-8(10)5-6(2)7(3)9;1-4-8(10)6(2)5-7(3)9/h2*6-10H,4-5H2,1-3H3. The summed E-state index contributed by atoms with van der Waals surface area (Å²) in [5.41, 5.74) is 0. The minimum absolute atomic E-state index is 0.204. The van der Waals surface area contributed by atoms with E-state index in [1.807, 2.05) is 27.7 Å². The molecule has 0 aliphatic rings. The molecule has 0 saturated carbocycles. The smallest absolute Gasteiger partial charge is 0.0564 e. The van der Waals surface area contributed by atoms with Gasteiger partial charge in [-0.3, -0.25) is 0 Å². The lowest BCUT2D eigenvalue weighted by atomic mass is 9.96. The maximum absolute atomic E-state index is 9.26. The van der Waals surface area contributed by atoms with Crippen LogP contribution >= 0.6 is 0 Å². The molecule has 0 radical (unpaired) electrons. The lowest BCUT2D eigenvalue weighted by Crippen LogP contribution is -2.20. The predicted octanol–water partition coefficient (Wildman–Crippen LogP) is 2.33. The molecule has 0 saturated heterocycles. The zero-order chi connectivity index (χ0) is 16.3. The lowest BCUT2D eigenvalue weighted by molar-refractivity contribution is 0.0733. The van der Waals surface area contributed by atoms with Crippen LogP contribution in [0, 0.1) is 11.8 Å². The van der Waals surface area contributed by atoms with Gasteiger partial charge in [0.15, 0.2) is 0 Å². The van der Waals surface area contributed by atoms with E-state index in [1.54, 1.807) is 13.8 Å². The Labute approximate surface area is 124 Å². The van der Waals surface area contributed by atoms with Crippen molar-refractivity contribution in [3.8, 4) is 0 Å². The second kappa shape index (κ2) is 12.6. The van der Waals surface area contributed by atoms with Crippen LogP contribution in [0.3, 0.4) is 0 Å². The summed E-state index contributed by atoms with van der Waals surface area (Å²) in [5, 5.41) is 36.4. The highest BCUT2D eigenvalue weighted by Crippen LogP contribution is 2.13. The van der Waals surface area contributed by atoms with Gasteiger partial charge in [-0.1, -0.05) is 27.7 Å². The second-order valence-corrected chi connectivity index (χ2v) is 6.05. The molecule has 0 aromatic rings. The van der Waals surface area contributed by atoms with Gasteiger partial charge < -0.3 is 20.4 Å². The summed E-state index contributed by atoms with van der Waals surface area (Å²) in [5.74, 6) is 0.417. The molecule has 4 nitrogen and oxygen atoms in total. The van der Waals surface area contributed by atoms with Crippen LogP contribution in [-0.2, 0) is 0 Å². The molecule has 4 heteroatoms. The molecular weight excluding hydrogens is 256 g/mol. The maximum Gasteiger partial charge on any atom is 0.0564 e. The van der Waals surface area contributed by atoms with Crippen molar-refractivity contribution < 1.29 is 20.4 Å². The van der Waals surface area contributed by atoms with Crippen molar-refractivity contribution in [1.82, 2.24) is 0 Å². The highest BCUT2D eigenvalue weighted by atomic mass is 16.3. The molecule has 124 valence electrons. The number of aliphatic hydroxyl groups is 4. The fraction of sp³-hybridized carbons (Fsp3) is 1.00.